The summed E-state index contributed by atoms with van der Waals surface area (Å²) in [6, 6.07) is -1.34. The minimum atomic E-state index is -1.34. The van der Waals surface area contributed by atoms with Crippen molar-refractivity contribution in [1.82, 2.24) is 5.32 Å². The molecule has 0 spiro atoms. The standard InChI is InChI=1S/C10H17NO5.2Na.2H/c1-2-3-4-5-8(12)11-7(10(15)16)6-9(13)14;;;;/h7H,2-6H2,1H3,(H,11,12)(H,13,14)(H,15,16);;;;/q;2*+1;2*-1/t7-;;;;/m0..../s1. The van der Waals surface area contributed by atoms with Crippen LogP contribution in [0.5, 0.6) is 0 Å². The van der Waals surface area contributed by atoms with Crippen LogP contribution in [0.3, 0.4) is 0 Å². The zero-order valence-electron chi connectivity index (χ0n) is 13.2. The summed E-state index contributed by atoms with van der Waals surface area (Å²) in [6.45, 7) is 1.99. The molecular formula is C10H19NNa2O5. The first-order chi connectivity index (χ1) is 7.47. The van der Waals surface area contributed by atoms with Crippen LogP contribution in [-0.4, -0.2) is 34.1 Å². The van der Waals surface area contributed by atoms with Crippen molar-refractivity contribution in [2.24, 2.45) is 0 Å². The Labute approximate surface area is 153 Å². The van der Waals surface area contributed by atoms with Gasteiger partial charge >= 0.3 is 71.1 Å². The van der Waals surface area contributed by atoms with E-state index >= 15 is 0 Å². The number of nitrogens with one attached hydrogen (secondary N) is 1. The number of hydrogen-bond donors (Lipinski definition) is 3. The maximum absolute atomic E-state index is 11.2. The fourth-order valence-electron chi connectivity index (χ4n) is 1.18. The molecule has 0 aromatic rings. The fourth-order valence-corrected chi connectivity index (χ4v) is 1.18. The van der Waals surface area contributed by atoms with Gasteiger partial charge in [-0.25, -0.2) is 4.79 Å². The number of rotatable bonds is 8. The second-order valence-electron chi connectivity index (χ2n) is 3.51. The van der Waals surface area contributed by atoms with Gasteiger partial charge in [0.25, 0.3) is 0 Å². The van der Waals surface area contributed by atoms with E-state index in [0.29, 0.717) is 6.42 Å². The van der Waals surface area contributed by atoms with Crippen LogP contribution in [0, 0.1) is 0 Å². The molecule has 96 valence electrons. The van der Waals surface area contributed by atoms with E-state index in [1.807, 2.05) is 6.92 Å². The van der Waals surface area contributed by atoms with Crippen molar-refractivity contribution in [3.8, 4) is 0 Å². The van der Waals surface area contributed by atoms with E-state index in [4.69, 9.17) is 10.2 Å². The molecule has 0 aliphatic rings. The molecule has 0 radical (unpaired) electrons. The Bertz CT molecular complexity index is 282. The third-order valence-electron chi connectivity index (χ3n) is 2.02. The Morgan fingerprint density at radius 1 is 1.17 bits per heavy atom. The number of carbonyl (C=O) groups is 3. The Kier molecular flexibility index (Phi) is 18.1. The van der Waals surface area contributed by atoms with E-state index in [2.05, 4.69) is 5.32 Å². The normalized spacial score (nSPS) is 10.5. The van der Waals surface area contributed by atoms with E-state index in [1.54, 1.807) is 0 Å². The van der Waals surface area contributed by atoms with Gasteiger partial charge in [0.15, 0.2) is 0 Å². The summed E-state index contributed by atoms with van der Waals surface area (Å²) in [5, 5.41) is 19.3. The van der Waals surface area contributed by atoms with Crippen LogP contribution >= 0.6 is 0 Å². The minimum absolute atomic E-state index is 0. The summed E-state index contributed by atoms with van der Waals surface area (Å²) < 4.78 is 0. The van der Waals surface area contributed by atoms with Crippen LogP contribution in [0.1, 0.15) is 41.9 Å². The molecule has 0 heterocycles. The topological polar surface area (TPSA) is 104 Å². The van der Waals surface area contributed by atoms with E-state index in [0.717, 1.165) is 12.8 Å². The van der Waals surface area contributed by atoms with Crippen molar-refractivity contribution in [3.63, 3.8) is 0 Å². The average Bonchev–Trinajstić information content (AvgIpc) is 2.16. The predicted octanol–water partition coefficient (Wildman–Crippen LogP) is -5.16. The molecule has 1 amide bonds. The first kappa shape index (κ1) is 23.5. The average molecular weight is 279 g/mol. The Balaban J connectivity index is -0.000000187. The summed E-state index contributed by atoms with van der Waals surface area (Å²) >= 11 is 0. The van der Waals surface area contributed by atoms with Gasteiger partial charge in [0.05, 0.1) is 6.42 Å². The maximum Gasteiger partial charge on any atom is 1.00 e. The molecule has 18 heavy (non-hydrogen) atoms. The first-order valence-corrected chi connectivity index (χ1v) is 5.21. The largest absolute Gasteiger partial charge is 1.00 e. The number of unbranched alkanes of at least 4 members (excludes halogenated alkanes) is 2. The molecule has 0 saturated carbocycles. The van der Waals surface area contributed by atoms with Crippen molar-refractivity contribution in [2.45, 2.75) is 45.1 Å². The smallest absolute Gasteiger partial charge is 1.00 e. The molecule has 0 unspecified atom stereocenters. The Morgan fingerprint density at radius 3 is 2.11 bits per heavy atom. The van der Waals surface area contributed by atoms with Crippen LogP contribution < -0.4 is 64.4 Å². The molecule has 3 N–H and O–H groups in total. The molecular weight excluding hydrogens is 260 g/mol. The zero-order chi connectivity index (χ0) is 12.6. The number of carboxylic acid groups (broad SMARTS) is 2. The Hall–Kier alpha value is 0.410. The van der Waals surface area contributed by atoms with Crippen molar-refractivity contribution < 1.29 is 86.6 Å². The SMILES string of the molecule is CCCCCC(=O)N[C@@H](CC(=O)O)C(=O)O.[H-].[H-].[Na+].[Na+]. The second-order valence-corrected chi connectivity index (χ2v) is 3.51. The molecule has 0 aromatic heterocycles. The van der Waals surface area contributed by atoms with Gasteiger partial charge in [-0.1, -0.05) is 19.8 Å². The summed E-state index contributed by atoms with van der Waals surface area (Å²) in [7, 11) is 0. The third-order valence-corrected chi connectivity index (χ3v) is 2.02. The molecule has 0 bridgehead atoms. The van der Waals surface area contributed by atoms with Crippen LogP contribution in [0.25, 0.3) is 0 Å². The molecule has 0 aromatic carbocycles. The molecule has 0 aliphatic carbocycles. The minimum Gasteiger partial charge on any atom is -1.00 e. The van der Waals surface area contributed by atoms with Gasteiger partial charge in [0.1, 0.15) is 6.04 Å². The van der Waals surface area contributed by atoms with Crippen LogP contribution in [0.4, 0.5) is 0 Å². The van der Waals surface area contributed by atoms with Crippen LogP contribution in [0.15, 0.2) is 0 Å². The number of amides is 1. The van der Waals surface area contributed by atoms with Crippen molar-refractivity contribution in [1.29, 1.82) is 0 Å². The van der Waals surface area contributed by atoms with Crippen molar-refractivity contribution in [2.75, 3.05) is 0 Å². The summed E-state index contributed by atoms with van der Waals surface area (Å²) in [5.41, 5.74) is 0. The fraction of sp³-hybridized carbons (Fsp3) is 0.700. The molecule has 0 saturated heterocycles. The first-order valence-electron chi connectivity index (χ1n) is 5.21. The maximum atomic E-state index is 11.2. The number of aliphatic carboxylic acids is 2. The van der Waals surface area contributed by atoms with Crippen molar-refractivity contribution >= 4 is 17.8 Å². The van der Waals surface area contributed by atoms with Gasteiger partial charge in [-0.15, -0.1) is 0 Å². The van der Waals surface area contributed by atoms with Gasteiger partial charge in [-0.3, -0.25) is 9.59 Å². The zero-order valence-corrected chi connectivity index (χ0v) is 15.2. The number of carbonyl (C=O) groups excluding carboxylic acids is 1. The molecule has 8 heteroatoms. The van der Waals surface area contributed by atoms with Crippen LogP contribution in [0.2, 0.25) is 0 Å². The predicted molar refractivity (Wildman–Crippen MR) is 58.2 cm³/mol. The molecule has 0 rings (SSSR count). The summed E-state index contributed by atoms with van der Waals surface area (Å²) in [6.07, 6.45) is 2.17. The molecule has 0 aliphatic heterocycles. The van der Waals surface area contributed by atoms with Gasteiger partial charge in [0, 0.05) is 6.42 Å². The van der Waals surface area contributed by atoms with Crippen LogP contribution in [-0.2, 0) is 14.4 Å². The Morgan fingerprint density at radius 2 is 1.72 bits per heavy atom. The quantitative estimate of drug-likeness (QED) is 0.304. The van der Waals surface area contributed by atoms with Gasteiger partial charge in [-0.05, 0) is 6.42 Å². The van der Waals surface area contributed by atoms with E-state index < -0.39 is 30.3 Å². The second kappa shape index (κ2) is 13.8. The summed E-state index contributed by atoms with van der Waals surface area (Å²) in [5.74, 6) is -2.99. The molecule has 6 nitrogen and oxygen atoms in total. The van der Waals surface area contributed by atoms with Crippen molar-refractivity contribution in [3.05, 3.63) is 0 Å². The molecule has 1 atom stereocenters. The molecule has 0 fully saturated rings. The van der Waals surface area contributed by atoms with Gasteiger partial charge < -0.3 is 18.4 Å². The van der Waals surface area contributed by atoms with Gasteiger partial charge in [0.2, 0.25) is 5.91 Å². The third kappa shape index (κ3) is 12.9. The van der Waals surface area contributed by atoms with E-state index in [9.17, 15) is 14.4 Å². The van der Waals surface area contributed by atoms with Gasteiger partial charge in [-0.2, -0.15) is 0 Å². The number of hydrogen-bond acceptors (Lipinski definition) is 3. The monoisotopic (exact) mass is 279 g/mol. The summed E-state index contributed by atoms with van der Waals surface area (Å²) in [4.78, 5) is 32.2. The van der Waals surface area contributed by atoms with E-state index in [1.165, 1.54) is 0 Å². The number of carboxylic acids is 2. The van der Waals surface area contributed by atoms with E-state index in [-0.39, 0.29) is 68.4 Å².